The van der Waals surface area contributed by atoms with Gasteiger partial charge in [0.1, 0.15) is 47.2 Å². The number of H-pyrrole nitrogens is 6. The van der Waals surface area contributed by atoms with E-state index >= 15 is 0 Å². The number of nitrogens with zero attached hydrogens (tertiary/aromatic N) is 13. The molecule has 0 saturated heterocycles. The smallest absolute Gasteiger partial charge is 0.306 e. The maximum atomic E-state index is 10.6. The Morgan fingerprint density at radius 3 is 0.879 bits per heavy atom. The number of benzene rings is 8. The molecule has 0 fully saturated rings. The van der Waals surface area contributed by atoms with Gasteiger partial charge in [0, 0.05) is 77.5 Å². The number of nitro groups is 1. The summed E-state index contributed by atoms with van der Waals surface area (Å²) in [6, 6.07) is 64.2. The zero-order valence-corrected chi connectivity index (χ0v) is 77.7. The average molecular weight is 1780 g/mol. The summed E-state index contributed by atoms with van der Waals surface area (Å²) in [5.74, 6) is 11.6. The normalized spacial score (nSPS) is 11.2. The first-order valence-electron chi connectivity index (χ1n) is 44.8. The van der Waals surface area contributed by atoms with E-state index in [1.165, 1.54) is 66.3 Å². The number of methoxy groups -OCH3 is 4. The zero-order valence-electron chi connectivity index (χ0n) is 77.7. The van der Waals surface area contributed by atoms with Crippen LogP contribution in [-0.4, -0.2) is 131 Å². The number of nitrogens with one attached hydrogen (secondary N) is 6. The standard InChI is InChI=1S/C21H23N3O3.C20H22N2O.C18H22N2.C16H21N5.C16H18N2O2.C14H17N5O2/c1-3-4-20(27-14-24(25)26)21-22-13-19(23-21)18-11-9-17(10-12-18)16-7-5-15(2)6-8-16;1-3-4-19(23)20-21-13-18(22-20)17-11-9-16(10-12-17)15-7-5-14(2)6-8-15;1-4-7-16(8-5-2)18-19-13-17(20-18)15-11-9-14(6-3)10-12-15;1-3-5-13(6-4-2)16-18-11-15(19-16)12-7-9-14(10-8-12)20-21-17;1-4-12-5-7-13(8-6-12)15-9-17-16(18-15)14(10-19-2)11-20-3;1-20-8-11(9-21-2)14-16-7-13(17-14)10-3-5-12(6-4-10)18-19-15/h5-13,20H,3-4,14H2,1-2H3,(H,22,23);5-13,19,23H,3-4H2,1-2H3,(H,21,22);3,9-13,16H,4-5,7-8H2,1-2H3,(H,19,20);7-11,13H,3-6H2,1-2H3,(H,18,19);1,5-9,14H,10-11H2,2-3H3,(H,17,18);3-7,11H,8-9H2,1-2H3,(H,16,17). The summed E-state index contributed by atoms with van der Waals surface area (Å²) in [7, 11) is 6.65. The highest BCUT2D eigenvalue weighted by Gasteiger charge is 2.22. The molecule has 14 aromatic rings. The first kappa shape index (κ1) is 102. The molecule has 0 aliphatic rings. The van der Waals surface area contributed by atoms with Gasteiger partial charge in [0.2, 0.25) is 0 Å². The second-order valence-electron chi connectivity index (χ2n) is 31.9. The minimum atomic E-state index is -0.522. The summed E-state index contributed by atoms with van der Waals surface area (Å²) in [5, 5.41) is 27.7. The first-order chi connectivity index (χ1) is 64.3. The fraction of sp³-hybridized carbons (Fsp3) is 0.333. The number of aromatic nitrogens is 12. The van der Waals surface area contributed by atoms with E-state index in [1.807, 2.05) is 123 Å². The van der Waals surface area contributed by atoms with E-state index in [4.69, 9.17) is 47.6 Å². The lowest BCUT2D eigenvalue weighted by Gasteiger charge is -2.12. The number of aliphatic hydroxyl groups is 1. The van der Waals surface area contributed by atoms with Crippen LogP contribution < -0.4 is 0 Å². The Hall–Kier alpha value is -14.1. The van der Waals surface area contributed by atoms with Crippen LogP contribution in [0.4, 0.5) is 11.4 Å². The SMILES string of the molecule is C#Cc1ccc(-c2cnc(C(CCC)CCC)[nH]2)cc1.C#Cc1ccc(-c2cnc(C(COC)COC)[nH]2)cc1.CCCC(CCC)c1ncc(-c2ccc(N=[N+]=[N-])cc2)[nH]1.CCCC(O)c1ncc(-c2ccc(-c3ccc(C)cc3)cc2)[nH]1.CCCC(OC[N+](=O)[O-])c1ncc(-c2ccc(-c3ccc(C)cc3)cc2)[nH]1.COCC(COC)c1ncc(-c2ccc(N=[N+]=[N-])cc2)[nH]1. The third-order valence-corrected chi connectivity index (χ3v) is 21.8. The fourth-order valence-corrected chi connectivity index (χ4v) is 14.8. The van der Waals surface area contributed by atoms with E-state index < -0.39 is 23.9 Å². The molecule has 6 heterocycles. The van der Waals surface area contributed by atoms with E-state index in [-0.39, 0.29) is 11.8 Å². The van der Waals surface area contributed by atoms with Crippen LogP contribution in [0.15, 0.2) is 242 Å². The van der Waals surface area contributed by atoms with Gasteiger partial charge in [0.05, 0.1) is 110 Å². The largest absolute Gasteiger partial charge is 0.385 e. The highest BCUT2D eigenvalue weighted by atomic mass is 16.7. The van der Waals surface area contributed by atoms with Crippen molar-refractivity contribution in [2.24, 2.45) is 10.2 Å². The summed E-state index contributed by atoms with van der Waals surface area (Å²) in [6.45, 7) is 18.8. The summed E-state index contributed by atoms with van der Waals surface area (Å²) in [4.78, 5) is 62.2. The molecule has 0 bridgehead atoms. The number of terminal acetylenes is 2. The predicted molar refractivity (Wildman–Crippen MR) is 527 cm³/mol. The molecule has 2 unspecified atom stereocenters. The number of hydrogen-bond acceptors (Lipinski definition) is 16. The fourth-order valence-electron chi connectivity index (χ4n) is 14.8. The Morgan fingerprint density at radius 1 is 0.364 bits per heavy atom. The van der Waals surface area contributed by atoms with Crippen LogP contribution >= 0.6 is 0 Å². The van der Waals surface area contributed by atoms with Crippen molar-refractivity contribution in [3.63, 3.8) is 0 Å². The van der Waals surface area contributed by atoms with Crippen molar-refractivity contribution in [2.75, 3.05) is 61.6 Å². The van der Waals surface area contributed by atoms with Crippen LogP contribution in [0.2, 0.25) is 0 Å². The van der Waals surface area contributed by atoms with Gasteiger partial charge in [0.15, 0.2) is 0 Å². The van der Waals surface area contributed by atoms with Crippen LogP contribution in [0.25, 0.3) is 111 Å². The van der Waals surface area contributed by atoms with E-state index in [0.717, 1.165) is 140 Å². The number of aliphatic hydroxyl groups excluding tert-OH is 1. The number of hydrogen-bond donors (Lipinski definition) is 7. The van der Waals surface area contributed by atoms with Gasteiger partial charge in [-0.05, 0) is 143 Å². The van der Waals surface area contributed by atoms with Crippen molar-refractivity contribution in [1.82, 2.24) is 59.8 Å². The summed E-state index contributed by atoms with van der Waals surface area (Å²) in [6.07, 6.45) is 33.4. The molecule has 0 aliphatic heterocycles. The summed E-state index contributed by atoms with van der Waals surface area (Å²) in [5.41, 5.74) is 39.0. The maximum absolute atomic E-state index is 10.6. The van der Waals surface area contributed by atoms with Crippen molar-refractivity contribution in [1.29, 1.82) is 0 Å². The van der Waals surface area contributed by atoms with E-state index in [9.17, 15) is 15.2 Å². The highest BCUT2D eigenvalue weighted by Crippen LogP contribution is 2.34. The van der Waals surface area contributed by atoms with Gasteiger partial charge in [-0.15, -0.1) is 12.8 Å². The molecule has 27 heteroatoms. The van der Waals surface area contributed by atoms with Crippen molar-refractivity contribution >= 4 is 11.4 Å². The molecule has 0 spiro atoms. The Kier molecular flexibility index (Phi) is 42.4. The van der Waals surface area contributed by atoms with Gasteiger partial charge < -0.3 is 58.7 Å². The second kappa shape index (κ2) is 55.1. The molecule has 0 saturated carbocycles. The third-order valence-electron chi connectivity index (χ3n) is 21.8. The second-order valence-corrected chi connectivity index (χ2v) is 31.9. The van der Waals surface area contributed by atoms with Crippen LogP contribution in [0.5, 0.6) is 0 Å². The van der Waals surface area contributed by atoms with Gasteiger partial charge in [0.25, 0.3) is 0 Å². The Labute approximate surface area is 774 Å². The third kappa shape index (κ3) is 31.4. The van der Waals surface area contributed by atoms with Gasteiger partial charge in [-0.3, -0.25) is 10.1 Å². The molecule has 0 radical (unpaired) electrons. The lowest BCUT2D eigenvalue weighted by molar-refractivity contribution is -0.531. The van der Waals surface area contributed by atoms with Crippen molar-refractivity contribution in [3.05, 3.63) is 320 Å². The van der Waals surface area contributed by atoms with Gasteiger partial charge in [-0.2, -0.15) is 0 Å². The van der Waals surface area contributed by atoms with Crippen LogP contribution in [0.3, 0.4) is 0 Å². The molecular formula is C105H123N19O8. The van der Waals surface area contributed by atoms with Crippen molar-refractivity contribution in [3.8, 4) is 114 Å². The van der Waals surface area contributed by atoms with E-state index in [0.29, 0.717) is 67.7 Å². The molecule has 14 rings (SSSR count). The Balaban J connectivity index is 0.000000179. The minimum Gasteiger partial charge on any atom is -0.385 e. The number of ether oxygens (including phenoxy) is 5. The van der Waals surface area contributed by atoms with E-state index in [2.05, 4.69) is 225 Å². The summed E-state index contributed by atoms with van der Waals surface area (Å²) < 4.78 is 26.1. The molecule has 7 N–H and O–H groups in total. The minimum absolute atomic E-state index is 0.0659. The maximum Gasteiger partial charge on any atom is 0.306 e. The number of aromatic amines is 6. The first-order valence-corrected chi connectivity index (χ1v) is 44.8. The van der Waals surface area contributed by atoms with Crippen molar-refractivity contribution in [2.45, 2.75) is 168 Å². The van der Waals surface area contributed by atoms with Crippen LogP contribution in [-0.2, 0) is 23.7 Å². The van der Waals surface area contributed by atoms with Crippen molar-refractivity contribution < 1.29 is 33.7 Å². The molecule has 0 aliphatic carbocycles. The molecular weight excluding hydrogens is 1660 g/mol. The Bertz CT molecular complexity index is 5650. The zero-order chi connectivity index (χ0) is 94.4. The van der Waals surface area contributed by atoms with E-state index in [1.54, 1.807) is 59.2 Å². The van der Waals surface area contributed by atoms with Crippen LogP contribution in [0, 0.1) is 48.6 Å². The lowest BCUT2D eigenvalue weighted by atomic mass is 9.98. The van der Waals surface area contributed by atoms with Gasteiger partial charge in [-0.1, -0.05) is 283 Å². The topological polar surface area (TPSA) is 379 Å². The predicted octanol–water partition coefficient (Wildman–Crippen LogP) is 26.3. The number of azide groups is 2. The molecule has 2 atom stereocenters. The highest BCUT2D eigenvalue weighted by molar-refractivity contribution is 5.71. The van der Waals surface area contributed by atoms with Crippen LogP contribution in [0.1, 0.15) is 212 Å². The van der Waals surface area contributed by atoms with Gasteiger partial charge >= 0.3 is 6.73 Å². The monoisotopic (exact) mass is 1780 g/mol. The van der Waals surface area contributed by atoms with Gasteiger partial charge in [-0.25, -0.2) is 29.9 Å². The molecule has 8 aromatic carbocycles. The average Bonchev–Trinajstić information content (AvgIpc) is 1.60. The summed E-state index contributed by atoms with van der Waals surface area (Å²) >= 11 is 0. The molecule has 6 aromatic heterocycles. The molecule has 686 valence electrons. The Morgan fingerprint density at radius 2 is 0.606 bits per heavy atom. The molecule has 132 heavy (non-hydrogen) atoms. The lowest BCUT2D eigenvalue weighted by Crippen LogP contribution is -2.13. The molecule has 0 amide bonds. The number of imidazole rings is 6. The quantitative estimate of drug-likeness (QED) is 0.00358. The molecule has 27 nitrogen and oxygen atoms in total. The number of rotatable bonds is 39. The number of aryl methyl sites for hydroxylation is 2.